The van der Waals surface area contributed by atoms with Crippen molar-refractivity contribution in [1.29, 1.82) is 0 Å². The first-order chi connectivity index (χ1) is 9.19. The van der Waals surface area contributed by atoms with Gasteiger partial charge in [0.15, 0.2) is 0 Å². The first-order valence-electron chi connectivity index (χ1n) is 8.02. The number of carbonyl (C=O) groups excluding carboxylic acids is 1. The highest BCUT2D eigenvalue weighted by Crippen LogP contribution is 2.28. The summed E-state index contributed by atoms with van der Waals surface area (Å²) in [5.74, 6) is 0.627. The molecule has 2 aliphatic rings. The van der Waals surface area contributed by atoms with E-state index in [1.165, 1.54) is 6.42 Å². The average Bonchev–Trinajstić information content (AvgIpc) is 2.24. The summed E-state index contributed by atoms with van der Waals surface area (Å²) < 4.78 is 0. The number of hydrogen-bond donors (Lipinski definition) is 3. The van der Waals surface area contributed by atoms with Crippen LogP contribution in [0.2, 0.25) is 0 Å². The van der Waals surface area contributed by atoms with Gasteiger partial charge < -0.3 is 16.0 Å². The highest BCUT2D eigenvalue weighted by atomic mass is 16.2. The zero-order valence-corrected chi connectivity index (χ0v) is 13.7. The van der Waals surface area contributed by atoms with Gasteiger partial charge in [0.1, 0.15) is 0 Å². The van der Waals surface area contributed by atoms with Crippen LogP contribution >= 0.6 is 0 Å². The summed E-state index contributed by atoms with van der Waals surface area (Å²) in [6.45, 7) is 12.0. The third-order valence-electron chi connectivity index (χ3n) is 4.59. The molecule has 0 aromatic rings. The molecular weight excluding hydrogens is 250 g/mol. The van der Waals surface area contributed by atoms with Gasteiger partial charge in [-0.25, -0.2) is 0 Å². The molecule has 0 aliphatic carbocycles. The predicted octanol–water partition coefficient (Wildman–Crippen LogP) is 1.80. The van der Waals surface area contributed by atoms with Gasteiger partial charge in [-0.05, 0) is 65.8 Å². The molecule has 0 spiro atoms. The molecule has 3 N–H and O–H groups in total. The highest BCUT2D eigenvalue weighted by Gasteiger charge is 2.39. The lowest BCUT2D eigenvalue weighted by molar-refractivity contribution is -0.126. The Labute approximate surface area is 123 Å². The summed E-state index contributed by atoms with van der Waals surface area (Å²) in [6, 6.07) is 0.259. The standard InChI is InChI=1S/C16H31N3O/c1-11-7-6-8-17-13(11)14(20)18-12-9-15(2,3)19-16(4,5)10-12/h11-13,17,19H,6-10H2,1-5H3,(H,18,20). The van der Waals surface area contributed by atoms with E-state index < -0.39 is 0 Å². The van der Waals surface area contributed by atoms with Crippen LogP contribution in [0.3, 0.4) is 0 Å². The molecule has 2 unspecified atom stereocenters. The summed E-state index contributed by atoms with van der Waals surface area (Å²) in [4.78, 5) is 12.5. The monoisotopic (exact) mass is 281 g/mol. The summed E-state index contributed by atoms with van der Waals surface area (Å²) in [7, 11) is 0. The summed E-state index contributed by atoms with van der Waals surface area (Å²) in [5, 5.41) is 10.3. The lowest BCUT2D eigenvalue weighted by Gasteiger charge is -2.47. The second kappa shape index (κ2) is 5.64. The Morgan fingerprint density at radius 2 is 1.75 bits per heavy atom. The maximum Gasteiger partial charge on any atom is 0.237 e. The van der Waals surface area contributed by atoms with Crippen molar-refractivity contribution in [3.8, 4) is 0 Å². The smallest absolute Gasteiger partial charge is 0.237 e. The largest absolute Gasteiger partial charge is 0.352 e. The molecule has 2 fully saturated rings. The number of piperidine rings is 2. The molecular formula is C16H31N3O. The van der Waals surface area contributed by atoms with Crippen molar-refractivity contribution in [1.82, 2.24) is 16.0 Å². The number of rotatable bonds is 2. The van der Waals surface area contributed by atoms with E-state index in [0.717, 1.165) is 25.8 Å². The second-order valence-corrected chi connectivity index (χ2v) is 8.06. The maximum atomic E-state index is 12.5. The molecule has 0 aromatic heterocycles. The Bertz CT molecular complexity index is 349. The van der Waals surface area contributed by atoms with E-state index in [2.05, 4.69) is 50.6 Å². The Balaban J connectivity index is 1.96. The van der Waals surface area contributed by atoms with Crippen molar-refractivity contribution in [2.45, 2.75) is 83.5 Å². The number of hydrogen-bond acceptors (Lipinski definition) is 3. The lowest BCUT2D eigenvalue weighted by atomic mass is 9.79. The zero-order valence-electron chi connectivity index (χ0n) is 13.7. The van der Waals surface area contributed by atoms with Gasteiger partial charge in [0.05, 0.1) is 6.04 Å². The SMILES string of the molecule is CC1CCCNC1C(=O)NC1CC(C)(C)NC(C)(C)C1. The van der Waals surface area contributed by atoms with E-state index in [4.69, 9.17) is 0 Å². The lowest BCUT2D eigenvalue weighted by Crippen LogP contribution is -2.63. The third kappa shape index (κ3) is 3.95. The fraction of sp³-hybridized carbons (Fsp3) is 0.938. The van der Waals surface area contributed by atoms with E-state index in [1.807, 2.05) is 0 Å². The van der Waals surface area contributed by atoms with E-state index in [1.54, 1.807) is 0 Å². The van der Waals surface area contributed by atoms with Crippen LogP contribution in [0.5, 0.6) is 0 Å². The van der Waals surface area contributed by atoms with Crippen LogP contribution in [-0.2, 0) is 4.79 Å². The molecule has 2 rings (SSSR count). The quantitative estimate of drug-likeness (QED) is 0.723. The normalized spacial score (nSPS) is 33.6. The van der Waals surface area contributed by atoms with E-state index in [0.29, 0.717) is 5.92 Å². The Morgan fingerprint density at radius 1 is 1.15 bits per heavy atom. The van der Waals surface area contributed by atoms with Crippen LogP contribution < -0.4 is 16.0 Å². The van der Waals surface area contributed by atoms with Gasteiger partial charge in [0.25, 0.3) is 0 Å². The molecule has 0 saturated carbocycles. The molecule has 0 aromatic carbocycles. The highest BCUT2D eigenvalue weighted by molar-refractivity contribution is 5.82. The van der Waals surface area contributed by atoms with E-state index in [-0.39, 0.29) is 29.1 Å². The van der Waals surface area contributed by atoms with E-state index >= 15 is 0 Å². The van der Waals surface area contributed by atoms with Crippen LogP contribution in [0.4, 0.5) is 0 Å². The molecule has 4 heteroatoms. The van der Waals surface area contributed by atoms with Crippen molar-refractivity contribution in [2.75, 3.05) is 6.54 Å². The molecule has 2 aliphatic heterocycles. The van der Waals surface area contributed by atoms with Crippen molar-refractivity contribution in [3.63, 3.8) is 0 Å². The maximum absolute atomic E-state index is 12.5. The molecule has 1 amide bonds. The molecule has 4 nitrogen and oxygen atoms in total. The van der Waals surface area contributed by atoms with Crippen LogP contribution in [0.25, 0.3) is 0 Å². The topological polar surface area (TPSA) is 53.2 Å². The minimum atomic E-state index is -0.00939. The van der Waals surface area contributed by atoms with Crippen molar-refractivity contribution < 1.29 is 4.79 Å². The zero-order chi connectivity index (χ0) is 15.0. The minimum absolute atomic E-state index is 0.00939. The van der Waals surface area contributed by atoms with Crippen LogP contribution in [0.1, 0.15) is 60.3 Å². The predicted molar refractivity (Wildman–Crippen MR) is 82.6 cm³/mol. The van der Waals surface area contributed by atoms with Gasteiger partial charge in [0, 0.05) is 17.1 Å². The van der Waals surface area contributed by atoms with Gasteiger partial charge in [-0.3, -0.25) is 4.79 Å². The molecule has 20 heavy (non-hydrogen) atoms. The van der Waals surface area contributed by atoms with Crippen molar-refractivity contribution >= 4 is 5.91 Å². The Morgan fingerprint density at radius 3 is 2.30 bits per heavy atom. The average molecular weight is 281 g/mol. The second-order valence-electron chi connectivity index (χ2n) is 8.06. The number of carbonyl (C=O) groups is 1. The van der Waals surface area contributed by atoms with Gasteiger partial charge in [-0.1, -0.05) is 6.92 Å². The van der Waals surface area contributed by atoms with Crippen molar-refractivity contribution in [2.24, 2.45) is 5.92 Å². The Hall–Kier alpha value is -0.610. The van der Waals surface area contributed by atoms with Gasteiger partial charge in [-0.2, -0.15) is 0 Å². The fourth-order valence-electron chi connectivity index (χ4n) is 4.12. The van der Waals surface area contributed by atoms with Gasteiger partial charge in [-0.15, -0.1) is 0 Å². The van der Waals surface area contributed by atoms with Crippen LogP contribution in [-0.4, -0.2) is 35.6 Å². The molecule has 0 radical (unpaired) electrons. The number of amides is 1. The first kappa shape index (κ1) is 15.8. The van der Waals surface area contributed by atoms with Crippen LogP contribution in [0, 0.1) is 5.92 Å². The van der Waals surface area contributed by atoms with Gasteiger partial charge >= 0.3 is 0 Å². The summed E-state index contributed by atoms with van der Waals surface area (Å²) in [5.41, 5.74) is 0.149. The van der Waals surface area contributed by atoms with Crippen molar-refractivity contribution in [3.05, 3.63) is 0 Å². The minimum Gasteiger partial charge on any atom is -0.352 e. The first-order valence-corrected chi connectivity index (χ1v) is 8.02. The molecule has 0 bridgehead atoms. The van der Waals surface area contributed by atoms with E-state index in [9.17, 15) is 4.79 Å². The molecule has 2 heterocycles. The molecule has 116 valence electrons. The third-order valence-corrected chi connectivity index (χ3v) is 4.59. The molecule has 2 saturated heterocycles. The summed E-state index contributed by atoms with van der Waals surface area (Å²) >= 11 is 0. The Kier molecular flexibility index (Phi) is 4.45. The van der Waals surface area contributed by atoms with Gasteiger partial charge in [0.2, 0.25) is 5.91 Å². The summed E-state index contributed by atoms with van der Waals surface area (Å²) in [6.07, 6.45) is 4.30. The van der Waals surface area contributed by atoms with Crippen LogP contribution in [0.15, 0.2) is 0 Å². The fourth-order valence-corrected chi connectivity index (χ4v) is 4.12. The number of nitrogens with one attached hydrogen (secondary N) is 3. The molecule has 2 atom stereocenters.